The largest absolute Gasteiger partial charge is 0.489 e. The lowest BCUT2D eigenvalue weighted by Gasteiger charge is -2.10. The van der Waals surface area contributed by atoms with Crippen molar-refractivity contribution in [1.29, 1.82) is 0 Å². The molecule has 0 bridgehead atoms. The molecule has 0 saturated heterocycles. The van der Waals surface area contributed by atoms with Crippen LogP contribution in [0.5, 0.6) is 5.75 Å². The first kappa shape index (κ1) is 15.5. The van der Waals surface area contributed by atoms with Crippen molar-refractivity contribution in [3.63, 3.8) is 0 Å². The van der Waals surface area contributed by atoms with Gasteiger partial charge in [-0.15, -0.1) is 0 Å². The fourth-order valence-electron chi connectivity index (χ4n) is 2.00. The number of aryl methyl sites for hydroxylation is 1. The van der Waals surface area contributed by atoms with Crippen LogP contribution in [0.2, 0.25) is 0 Å². The maximum atomic E-state index is 11.5. The number of hydrogen-bond acceptors (Lipinski definition) is 4. The molecular weight excluding hydrogens is 286 g/mol. The molecule has 5 heteroatoms. The van der Waals surface area contributed by atoms with Crippen molar-refractivity contribution >= 4 is 9.84 Å². The van der Waals surface area contributed by atoms with Gasteiger partial charge < -0.3 is 10.5 Å². The lowest BCUT2D eigenvalue weighted by atomic mass is 10.1. The Labute approximate surface area is 125 Å². The summed E-state index contributed by atoms with van der Waals surface area (Å²) < 4.78 is 28.7. The van der Waals surface area contributed by atoms with Crippen LogP contribution in [0.25, 0.3) is 0 Å². The third kappa shape index (κ3) is 4.06. The van der Waals surface area contributed by atoms with Crippen LogP contribution in [0.15, 0.2) is 47.4 Å². The number of benzene rings is 2. The highest BCUT2D eigenvalue weighted by atomic mass is 32.2. The fourth-order valence-corrected chi connectivity index (χ4v) is 2.66. The summed E-state index contributed by atoms with van der Waals surface area (Å²) in [6.45, 7) is 2.91. The molecule has 2 aromatic rings. The van der Waals surface area contributed by atoms with Crippen LogP contribution < -0.4 is 10.5 Å². The van der Waals surface area contributed by atoms with E-state index in [9.17, 15) is 8.42 Å². The van der Waals surface area contributed by atoms with E-state index in [1.165, 1.54) is 6.26 Å². The summed E-state index contributed by atoms with van der Waals surface area (Å²) in [4.78, 5) is 0.259. The van der Waals surface area contributed by atoms with Gasteiger partial charge in [0, 0.05) is 12.8 Å². The Balaban J connectivity index is 2.13. The fraction of sp³-hybridized carbons (Fsp3) is 0.250. The molecule has 0 unspecified atom stereocenters. The number of hydrogen-bond donors (Lipinski definition) is 1. The summed E-state index contributed by atoms with van der Waals surface area (Å²) in [5.74, 6) is 0.542. The second kappa shape index (κ2) is 6.28. The average Bonchev–Trinajstić information content (AvgIpc) is 2.45. The number of sulfone groups is 1. The van der Waals surface area contributed by atoms with Crippen LogP contribution in [-0.2, 0) is 23.0 Å². The van der Waals surface area contributed by atoms with E-state index >= 15 is 0 Å². The molecular formula is C16H19NO3S. The molecule has 0 spiro atoms. The Morgan fingerprint density at radius 3 is 2.52 bits per heavy atom. The predicted octanol–water partition coefficient (Wildman–Crippen LogP) is 2.44. The Hall–Kier alpha value is -1.85. The molecule has 0 aliphatic carbocycles. The van der Waals surface area contributed by atoms with E-state index in [4.69, 9.17) is 10.5 Å². The molecule has 0 amide bonds. The maximum absolute atomic E-state index is 11.5. The van der Waals surface area contributed by atoms with E-state index in [2.05, 4.69) is 0 Å². The zero-order valence-electron chi connectivity index (χ0n) is 12.2. The van der Waals surface area contributed by atoms with Crippen molar-refractivity contribution in [2.45, 2.75) is 25.0 Å². The van der Waals surface area contributed by atoms with Crippen molar-refractivity contribution < 1.29 is 13.2 Å². The zero-order valence-corrected chi connectivity index (χ0v) is 13.0. The highest BCUT2D eigenvalue weighted by Gasteiger charge is 2.08. The second-order valence-corrected chi connectivity index (χ2v) is 7.02. The zero-order chi connectivity index (χ0) is 15.5. The van der Waals surface area contributed by atoms with Gasteiger partial charge in [-0.2, -0.15) is 0 Å². The van der Waals surface area contributed by atoms with Crippen LogP contribution in [0.3, 0.4) is 0 Å². The van der Waals surface area contributed by atoms with Crippen molar-refractivity contribution in [2.24, 2.45) is 5.73 Å². The summed E-state index contributed by atoms with van der Waals surface area (Å²) in [6, 6.07) is 12.5. The number of ether oxygens (including phenoxy) is 1. The molecule has 0 aliphatic heterocycles. The van der Waals surface area contributed by atoms with Gasteiger partial charge in [0.15, 0.2) is 9.84 Å². The summed E-state index contributed by atoms with van der Waals surface area (Å²) in [5, 5.41) is 0. The van der Waals surface area contributed by atoms with Gasteiger partial charge >= 0.3 is 0 Å². The first-order chi connectivity index (χ1) is 9.90. The highest BCUT2D eigenvalue weighted by molar-refractivity contribution is 7.90. The third-order valence-electron chi connectivity index (χ3n) is 3.27. The highest BCUT2D eigenvalue weighted by Crippen LogP contribution is 2.19. The average molecular weight is 305 g/mol. The Bertz CT molecular complexity index is 739. The van der Waals surface area contributed by atoms with Gasteiger partial charge in [0.1, 0.15) is 12.4 Å². The molecule has 112 valence electrons. The molecule has 0 radical (unpaired) electrons. The predicted molar refractivity (Wildman–Crippen MR) is 83.0 cm³/mol. The summed E-state index contributed by atoms with van der Waals surface area (Å²) in [5.41, 5.74) is 8.84. The smallest absolute Gasteiger partial charge is 0.175 e. The molecule has 2 aromatic carbocycles. The van der Waals surface area contributed by atoms with E-state index in [0.29, 0.717) is 18.9 Å². The number of rotatable bonds is 5. The SMILES string of the molecule is Cc1cc(CN)ccc1COc1cccc(S(C)(=O)=O)c1. The van der Waals surface area contributed by atoms with Crippen LogP contribution >= 0.6 is 0 Å². The molecule has 2 N–H and O–H groups in total. The molecule has 0 fully saturated rings. The first-order valence-corrected chi connectivity index (χ1v) is 8.50. The van der Waals surface area contributed by atoms with E-state index in [-0.39, 0.29) is 4.90 Å². The molecule has 21 heavy (non-hydrogen) atoms. The normalized spacial score (nSPS) is 11.4. The number of nitrogens with two attached hydrogens (primary N) is 1. The lowest BCUT2D eigenvalue weighted by Crippen LogP contribution is -2.02. The van der Waals surface area contributed by atoms with Crippen LogP contribution in [0.1, 0.15) is 16.7 Å². The molecule has 0 heterocycles. The lowest BCUT2D eigenvalue weighted by molar-refractivity contribution is 0.304. The summed E-state index contributed by atoms with van der Waals surface area (Å²) in [7, 11) is -3.22. The van der Waals surface area contributed by atoms with E-state index in [1.54, 1.807) is 24.3 Å². The Morgan fingerprint density at radius 2 is 1.90 bits per heavy atom. The molecule has 0 atom stereocenters. The van der Waals surface area contributed by atoms with Gasteiger partial charge in [-0.1, -0.05) is 24.3 Å². The van der Waals surface area contributed by atoms with Crippen molar-refractivity contribution in [2.75, 3.05) is 6.26 Å². The monoisotopic (exact) mass is 305 g/mol. The van der Waals surface area contributed by atoms with Gasteiger partial charge in [-0.25, -0.2) is 8.42 Å². The topological polar surface area (TPSA) is 69.4 Å². The van der Waals surface area contributed by atoms with Crippen LogP contribution in [0, 0.1) is 6.92 Å². The van der Waals surface area contributed by atoms with Gasteiger partial charge in [-0.3, -0.25) is 0 Å². The van der Waals surface area contributed by atoms with Gasteiger partial charge in [0.05, 0.1) is 4.90 Å². The van der Waals surface area contributed by atoms with Gasteiger partial charge in [-0.05, 0) is 41.8 Å². The maximum Gasteiger partial charge on any atom is 0.175 e. The summed E-state index contributed by atoms with van der Waals surface area (Å²) >= 11 is 0. The quantitative estimate of drug-likeness (QED) is 0.921. The van der Waals surface area contributed by atoms with Crippen molar-refractivity contribution in [3.8, 4) is 5.75 Å². The minimum absolute atomic E-state index is 0.259. The van der Waals surface area contributed by atoms with E-state index < -0.39 is 9.84 Å². The van der Waals surface area contributed by atoms with E-state index in [1.807, 2.05) is 25.1 Å². The van der Waals surface area contributed by atoms with E-state index in [0.717, 1.165) is 16.7 Å². The molecule has 0 aromatic heterocycles. The standard InChI is InChI=1S/C16H19NO3S/c1-12-8-13(10-17)6-7-14(12)11-20-15-4-3-5-16(9-15)21(2,18)19/h3-9H,10-11,17H2,1-2H3. The van der Waals surface area contributed by atoms with Crippen molar-refractivity contribution in [3.05, 3.63) is 59.2 Å². The van der Waals surface area contributed by atoms with Gasteiger partial charge in [0.25, 0.3) is 0 Å². The Kier molecular flexibility index (Phi) is 4.65. The third-order valence-corrected chi connectivity index (χ3v) is 4.38. The van der Waals surface area contributed by atoms with Crippen molar-refractivity contribution in [1.82, 2.24) is 0 Å². The van der Waals surface area contributed by atoms with Gasteiger partial charge in [0.2, 0.25) is 0 Å². The first-order valence-electron chi connectivity index (χ1n) is 6.61. The molecule has 0 aliphatic rings. The molecule has 2 rings (SSSR count). The minimum atomic E-state index is -3.22. The molecule has 4 nitrogen and oxygen atoms in total. The molecule has 0 saturated carbocycles. The second-order valence-electron chi connectivity index (χ2n) is 5.00. The van der Waals surface area contributed by atoms with Crippen LogP contribution in [0.4, 0.5) is 0 Å². The van der Waals surface area contributed by atoms with Crippen LogP contribution in [-0.4, -0.2) is 14.7 Å². The summed E-state index contributed by atoms with van der Waals surface area (Å²) in [6.07, 6.45) is 1.18. The minimum Gasteiger partial charge on any atom is -0.489 e. The Morgan fingerprint density at radius 1 is 1.14 bits per heavy atom.